The number of aromatic nitrogens is 2. The molecule has 2 aromatic heterocycles. The first-order chi connectivity index (χ1) is 8.63. The maximum atomic E-state index is 12.0. The monoisotopic (exact) mass is 247 g/mol. The topological polar surface area (TPSA) is 83.7 Å². The molecule has 1 atom stereocenters. The number of pyridine rings is 1. The summed E-state index contributed by atoms with van der Waals surface area (Å²) in [4.78, 5) is 22.8. The summed E-state index contributed by atoms with van der Waals surface area (Å²) >= 11 is 0. The van der Waals surface area contributed by atoms with Crippen molar-refractivity contribution < 1.29 is 14.7 Å². The van der Waals surface area contributed by atoms with Crippen LogP contribution >= 0.6 is 0 Å². The SMILES string of the molecule is CC[C@@H](NC(=O)c1cnn2ccccc12)C(=O)O. The van der Waals surface area contributed by atoms with Crippen molar-refractivity contribution in [3.05, 3.63) is 36.2 Å². The third kappa shape index (κ3) is 2.17. The maximum Gasteiger partial charge on any atom is 0.326 e. The molecule has 0 radical (unpaired) electrons. The highest BCUT2D eigenvalue weighted by atomic mass is 16.4. The van der Waals surface area contributed by atoms with Crippen LogP contribution in [0.3, 0.4) is 0 Å². The standard InChI is InChI=1S/C12H13N3O3/c1-2-9(12(17)18)14-11(16)8-7-13-15-6-4-3-5-10(8)15/h3-7,9H,2H2,1H3,(H,14,16)(H,17,18)/t9-/m1/s1. The second-order valence-electron chi connectivity index (χ2n) is 3.86. The van der Waals surface area contributed by atoms with E-state index in [9.17, 15) is 9.59 Å². The van der Waals surface area contributed by atoms with Crippen molar-refractivity contribution in [3.8, 4) is 0 Å². The number of fused-ring (bicyclic) bond motifs is 1. The minimum atomic E-state index is -1.04. The van der Waals surface area contributed by atoms with Crippen LogP contribution in [0.4, 0.5) is 0 Å². The van der Waals surface area contributed by atoms with Crippen LogP contribution in [0.2, 0.25) is 0 Å². The first-order valence-corrected chi connectivity index (χ1v) is 5.59. The van der Waals surface area contributed by atoms with E-state index < -0.39 is 17.9 Å². The number of carboxylic acid groups (broad SMARTS) is 1. The zero-order valence-corrected chi connectivity index (χ0v) is 9.83. The number of hydrogen-bond donors (Lipinski definition) is 2. The van der Waals surface area contributed by atoms with Crippen LogP contribution in [-0.4, -0.2) is 32.6 Å². The predicted octanol–water partition coefficient (Wildman–Crippen LogP) is 0.927. The first-order valence-electron chi connectivity index (χ1n) is 5.59. The van der Waals surface area contributed by atoms with Gasteiger partial charge in [0.25, 0.3) is 5.91 Å². The molecule has 6 heteroatoms. The summed E-state index contributed by atoms with van der Waals surface area (Å²) in [5.74, 6) is -1.47. The van der Waals surface area contributed by atoms with Crippen LogP contribution in [0, 0.1) is 0 Å². The number of aliphatic carboxylic acids is 1. The molecule has 2 N–H and O–H groups in total. The van der Waals surface area contributed by atoms with E-state index in [1.54, 1.807) is 35.8 Å². The Balaban J connectivity index is 2.26. The minimum absolute atomic E-state index is 0.334. The Kier molecular flexibility index (Phi) is 3.27. The van der Waals surface area contributed by atoms with Crippen molar-refractivity contribution in [1.29, 1.82) is 0 Å². The van der Waals surface area contributed by atoms with Gasteiger partial charge in [-0.25, -0.2) is 9.31 Å². The normalized spacial score (nSPS) is 12.3. The van der Waals surface area contributed by atoms with Gasteiger partial charge in [-0.2, -0.15) is 5.10 Å². The van der Waals surface area contributed by atoms with Gasteiger partial charge in [-0.05, 0) is 18.6 Å². The molecule has 0 aliphatic carbocycles. The van der Waals surface area contributed by atoms with E-state index >= 15 is 0 Å². The summed E-state index contributed by atoms with van der Waals surface area (Å²) in [5, 5.41) is 15.4. The second-order valence-corrected chi connectivity index (χ2v) is 3.86. The van der Waals surface area contributed by atoms with Gasteiger partial charge in [-0.3, -0.25) is 4.79 Å². The highest BCUT2D eigenvalue weighted by molar-refractivity contribution is 6.02. The van der Waals surface area contributed by atoms with Gasteiger partial charge >= 0.3 is 5.97 Å². The van der Waals surface area contributed by atoms with Crippen LogP contribution in [0.15, 0.2) is 30.6 Å². The van der Waals surface area contributed by atoms with Crippen molar-refractivity contribution >= 4 is 17.4 Å². The Labute approximate surface area is 103 Å². The van der Waals surface area contributed by atoms with Gasteiger partial charge in [-0.15, -0.1) is 0 Å². The van der Waals surface area contributed by atoms with Crippen LogP contribution in [0.25, 0.3) is 5.52 Å². The quantitative estimate of drug-likeness (QED) is 0.841. The van der Waals surface area contributed by atoms with E-state index in [2.05, 4.69) is 10.4 Å². The number of rotatable bonds is 4. The summed E-state index contributed by atoms with van der Waals surface area (Å²) in [7, 11) is 0. The van der Waals surface area contributed by atoms with Gasteiger partial charge in [0.1, 0.15) is 6.04 Å². The molecular weight excluding hydrogens is 234 g/mol. The molecule has 0 aromatic carbocycles. The Morgan fingerprint density at radius 2 is 2.28 bits per heavy atom. The Bertz CT molecular complexity index is 591. The third-order valence-electron chi connectivity index (χ3n) is 2.68. The lowest BCUT2D eigenvalue weighted by Gasteiger charge is -2.11. The number of carboxylic acids is 1. The van der Waals surface area contributed by atoms with Crippen LogP contribution < -0.4 is 5.32 Å². The largest absolute Gasteiger partial charge is 0.480 e. The number of carbonyl (C=O) groups excluding carboxylic acids is 1. The molecule has 0 spiro atoms. The van der Waals surface area contributed by atoms with Crippen molar-refractivity contribution in [1.82, 2.24) is 14.9 Å². The molecule has 2 heterocycles. The smallest absolute Gasteiger partial charge is 0.326 e. The molecule has 6 nitrogen and oxygen atoms in total. The van der Waals surface area contributed by atoms with Crippen LogP contribution in [-0.2, 0) is 4.79 Å². The van der Waals surface area contributed by atoms with E-state index in [0.717, 1.165) is 0 Å². The van der Waals surface area contributed by atoms with Crippen molar-refractivity contribution in [2.75, 3.05) is 0 Å². The molecule has 0 saturated heterocycles. The lowest BCUT2D eigenvalue weighted by atomic mass is 10.2. The second kappa shape index (κ2) is 4.87. The molecule has 2 rings (SSSR count). The molecule has 1 amide bonds. The van der Waals surface area contributed by atoms with E-state index in [1.807, 2.05) is 0 Å². The van der Waals surface area contributed by atoms with Crippen LogP contribution in [0.5, 0.6) is 0 Å². The molecule has 0 unspecified atom stereocenters. The molecule has 18 heavy (non-hydrogen) atoms. The Morgan fingerprint density at radius 1 is 1.50 bits per heavy atom. The average Bonchev–Trinajstić information content (AvgIpc) is 2.79. The van der Waals surface area contributed by atoms with E-state index in [1.165, 1.54) is 6.20 Å². The predicted molar refractivity (Wildman–Crippen MR) is 64.4 cm³/mol. The Morgan fingerprint density at radius 3 is 2.94 bits per heavy atom. The maximum absolute atomic E-state index is 12.0. The number of amides is 1. The zero-order valence-electron chi connectivity index (χ0n) is 9.83. The molecule has 0 fully saturated rings. The van der Waals surface area contributed by atoms with Gasteiger partial charge in [0.15, 0.2) is 0 Å². The zero-order chi connectivity index (χ0) is 13.1. The molecule has 0 aliphatic heterocycles. The number of hydrogen-bond acceptors (Lipinski definition) is 3. The fourth-order valence-corrected chi connectivity index (χ4v) is 1.68. The number of carbonyl (C=O) groups is 2. The van der Waals surface area contributed by atoms with Gasteiger partial charge in [0, 0.05) is 6.20 Å². The minimum Gasteiger partial charge on any atom is -0.480 e. The lowest BCUT2D eigenvalue weighted by Crippen LogP contribution is -2.40. The lowest BCUT2D eigenvalue weighted by molar-refractivity contribution is -0.139. The molecule has 94 valence electrons. The highest BCUT2D eigenvalue weighted by Crippen LogP contribution is 2.10. The van der Waals surface area contributed by atoms with Gasteiger partial charge in [0.05, 0.1) is 17.3 Å². The molecular formula is C12H13N3O3. The molecule has 0 aliphatic rings. The summed E-state index contributed by atoms with van der Waals surface area (Å²) in [6.07, 6.45) is 3.49. The number of nitrogens with one attached hydrogen (secondary N) is 1. The van der Waals surface area contributed by atoms with Crippen LogP contribution in [0.1, 0.15) is 23.7 Å². The fourth-order valence-electron chi connectivity index (χ4n) is 1.68. The molecule has 0 saturated carbocycles. The number of nitrogens with zero attached hydrogens (tertiary/aromatic N) is 2. The van der Waals surface area contributed by atoms with E-state index in [4.69, 9.17) is 5.11 Å². The summed E-state index contributed by atoms with van der Waals surface area (Å²) in [6, 6.07) is 4.47. The Hall–Kier alpha value is -2.37. The average molecular weight is 247 g/mol. The summed E-state index contributed by atoms with van der Waals surface area (Å²) in [6.45, 7) is 1.70. The highest BCUT2D eigenvalue weighted by Gasteiger charge is 2.20. The van der Waals surface area contributed by atoms with Crippen molar-refractivity contribution in [2.45, 2.75) is 19.4 Å². The van der Waals surface area contributed by atoms with E-state index in [0.29, 0.717) is 17.5 Å². The first kappa shape index (κ1) is 12.1. The third-order valence-corrected chi connectivity index (χ3v) is 2.68. The molecule has 0 bridgehead atoms. The van der Waals surface area contributed by atoms with Gasteiger partial charge in [0.2, 0.25) is 0 Å². The van der Waals surface area contributed by atoms with Crippen molar-refractivity contribution in [2.24, 2.45) is 0 Å². The molecule has 2 aromatic rings. The summed E-state index contributed by atoms with van der Waals surface area (Å²) < 4.78 is 1.57. The van der Waals surface area contributed by atoms with Gasteiger partial charge < -0.3 is 10.4 Å². The fraction of sp³-hybridized carbons (Fsp3) is 0.250. The van der Waals surface area contributed by atoms with Crippen molar-refractivity contribution in [3.63, 3.8) is 0 Å². The summed E-state index contributed by atoms with van der Waals surface area (Å²) in [5.41, 5.74) is 1.02. The van der Waals surface area contributed by atoms with E-state index in [-0.39, 0.29) is 0 Å². The van der Waals surface area contributed by atoms with Gasteiger partial charge in [-0.1, -0.05) is 13.0 Å².